The molecule has 0 bridgehead atoms. The van der Waals surface area contributed by atoms with Gasteiger partial charge in [-0.1, -0.05) is 72.8 Å². The summed E-state index contributed by atoms with van der Waals surface area (Å²) in [6.45, 7) is 3.82. The molecule has 1 atom stereocenters. The third-order valence-electron chi connectivity index (χ3n) is 7.19. The maximum absolute atomic E-state index is 13.6. The normalized spacial score (nSPS) is 14.4. The summed E-state index contributed by atoms with van der Waals surface area (Å²) < 4.78 is 5.91. The van der Waals surface area contributed by atoms with Crippen molar-refractivity contribution in [2.45, 2.75) is 25.5 Å². The summed E-state index contributed by atoms with van der Waals surface area (Å²) >= 11 is 0. The van der Waals surface area contributed by atoms with Crippen molar-refractivity contribution in [1.29, 1.82) is 0 Å². The number of nitrogens with zero attached hydrogens (tertiary/aromatic N) is 3. The third-order valence-corrected chi connectivity index (χ3v) is 7.19. The van der Waals surface area contributed by atoms with Gasteiger partial charge in [0.05, 0.1) is 6.61 Å². The minimum Gasteiger partial charge on any atom is -0.489 e. The maximum Gasteiger partial charge on any atom is 0.318 e. The number of ether oxygens (including phenoxy) is 1. The summed E-state index contributed by atoms with van der Waals surface area (Å²) in [5.74, 6) is 0.659. The molecule has 1 aliphatic heterocycles. The lowest BCUT2D eigenvalue weighted by Crippen LogP contribution is -2.57. The van der Waals surface area contributed by atoms with Crippen molar-refractivity contribution in [3.05, 3.63) is 102 Å². The van der Waals surface area contributed by atoms with Crippen LogP contribution in [0.1, 0.15) is 16.7 Å². The number of aliphatic hydroxyl groups excluding tert-OH is 1. The van der Waals surface area contributed by atoms with Crippen molar-refractivity contribution >= 4 is 11.9 Å². The Labute approximate surface area is 237 Å². The molecule has 0 aromatic heterocycles. The molecule has 1 unspecified atom stereocenters. The van der Waals surface area contributed by atoms with Crippen LogP contribution in [0.15, 0.2) is 84.9 Å². The topological polar surface area (TPSA) is 85.4 Å². The second kappa shape index (κ2) is 15.1. The number of hydrogen-bond donors (Lipinski definition) is 2. The molecule has 212 valence electrons. The largest absolute Gasteiger partial charge is 0.489 e. The van der Waals surface area contributed by atoms with E-state index in [-0.39, 0.29) is 25.1 Å². The Hall–Kier alpha value is -3.88. The molecular formula is C32H40N4O4. The Bertz CT molecular complexity index is 1180. The highest BCUT2D eigenvalue weighted by atomic mass is 16.5. The first-order valence-corrected chi connectivity index (χ1v) is 13.9. The zero-order valence-corrected chi connectivity index (χ0v) is 23.2. The van der Waals surface area contributed by atoms with Crippen molar-refractivity contribution in [3.8, 4) is 5.75 Å². The second-order valence-electron chi connectivity index (χ2n) is 10.2. The average Bonchev–Trinajstić information content (AvgIpc) is 2.99. The minimum atomic E-state index is -0.718. The van der Waals surface area contributed by atoms with Crippen LogP contribution in [0, 0.1) is 0 Å². The summed E-state index contributed by atoms with van der Waals surface area (Å²) in [5, 5.41) is 12.6. The van der Waals surface area contributed by atoms with Crippen LogP contribution in [-0.4, -0.2) is 90.7 Å². The number of piperazine rings is 1. The summed E-state index contributed by atoms with van der Waals surface area (Å²) in [4.78, 5) is 32.6. The average molecular weight is 545 g/mol. The number of rotatable bonds is 12. The number of likely N-dealkylation sites (N-methyl/N-ethyl adjacent to an activating group) is 1. The number of amides is 3. The van der Waals surface area contributed by atoms with Crippen LogP contribution in [0.4, 0.5) is 4.79 Å². The molecule has 1 fully saturated rings. The molecule has 8 nitrogen and oxygen atoms in total. The van der Waals surface area contributed by atoms with E-state index in [1.165, 1.54) is 0 Å². The van der Waals surface area contributed by atoms with Crippen molar-refractivity contribution in [1.82, 2.24) is 20.0 Å². The molecule has 8 heteroatoms. The first-order chi connectivity index (χ1) is 19.5. The molecule has 1 heterocycles. The molecule has 3 amide bonds. The van der Waals surface area contributed by atoms with E-state index in [0.717, 1.165) is 35.5 Å². The van der Waals surface area contributed by atoms with Gasteiger partial charge in [0.1, 0.15) is 18.4 Å². The fourth-order valence-electron chi connectivity index (χ4n) is 4.73. The molecule has 3 aromatic rings. The van der Waals surface area contributed by atoms with Gasteiger partial charge in [0, 0.05) is 45.7 Å². The highest BCUT2D eigenvalue weighted by molar-refractivity contribution is 5.87. The van der Waals surface area contributed by atoms with Crippen LogP contribution in [0.5, 0.6) is 5.75 Å². The van der Waals surface area contributed by atoms with Crippen LogP contribution in [-0.2, 0) is 24.2 Å². The molecule has 1 aliphatic rings. The fourth-order valence-corrected chi connectivity index (χ4v) is 4.73. The van der Waals surface area contributed by atoms with Crippen molar-refractivity contribution in [2.75, 3.05) is 52.9 Å². The lowest BCUT2D eigenvalue weighted by molar-refractivity contribution is -0.134. The second-order valence-corrected chi connectivity index (χ2v) is 10.2. The highest BCUT2D eigenvalue weighted by Gasteiger charge is 2.29. The highest BCUT2D eigenvalue weighted by Crippen LogP contribution is 2.17. The Morgan fingerprint density at radius 2 is 1.48 bits per heavy atom. The molecule has 0 saturated carbocycles. The number of carbonyl (C=O) groups is 2. The molecule has 2 N–H and O–H groups in total. The summed E-state index contributed by atoms with van der Waals surface area (Å²) in [6.07, 6.45) is 1.03. The van der Waals surface area contributed by atoms with Gasteiger partial charge in [-0.3, -0.25) is 4.79 Å². The summed E-state index contributed by atoms with van der Waals surface area (Å²) in [5.41, 5.74) is 3.13. The van der Waals surface area contributed by atoms with E-state index in [9.17, 15) is 14.7 Å². The van der Waals surface area contributed by atoms with Crippen molar-refractivity contribution in [3.63, 3.8) is 0 Å². The number of urea groups is 1. The lowest BCUT2D eigenvalue weighted by atomic mass is 10.0. The van der Waals surface area contributed by atoms with Gasteiger partial charge >= 0.3 is 6.03 Å². The number of benzene rings is 3. The van der Waals surface area contributed by atoms with Gasteiger partial charge in [-0.05, 0) is 42.3 Å². The van der Waals surface area contributed by atoms with Gasteiger partial charge in [0.2, 0.25) is 5.91 Å². The van der Waals surface area contributed by atoms with Gasteiger partial charge in [0.25, 0.3) is 0 Å². The minimum absolute atomic E-state index is 0.0853. The third kappa shape index (κ3) is 8.83. The van der Waals surface area contributed by atoms with Crippen LogP contribution < -0.4 is 10.1 Å². The summed E-state index contributed by atoms with van der Waals surface area (Å²) in [6, 6.07) is 26.5. The van der Waals surface area contributed by atoms with E-state index < -0.39 is 6.04 Å². The van der Waals surface area contributed by atoms with E-state index in [0.29, 0.717) is 39.1 Å². The maximum atomic E-state index is 13.6. The van der Waals surface area contributed by atoms with Crippen molar-refractivity contribution in [2.24, 2.45) is 0 Å². The van der Waals surface area contributed by atoms with Gasteiger partial charge in [-0.2, -0.15) is 0 Å². The van der Waals surface area contributed by atoms with Gasteiger partial charge in [-0.15, -0.1) is 0 Å². The van der Waals surface area contributed by atoms with E-state index in [2.05, 4.69) is 10.2 Å². The van der Waals surface area contributed by atoms with Crippen LogP contribution in [0.3, 0.4) is 0 Å². The standard InChI is InChI=1S/C32H40N4O4/c1-34-18-20-35(21-19-34)31(38)30(33-32(39)36(22-23-37)17-16-26-8-4-2-5-9-26)24-27-12-14-29(15-13-27)40-25-28-10-6-3-7-11-28/h2-15,30,37H,16-25H2,1H3,(H,33,39). The van der Waals surface area contributed by atoms with E-state index in [1.807, 2.05) is 96.9 Å². The van der Waals surface area contributed by atoms with E-state index >= 15 is 0 Å². The van der Waals surface area contributed by atoms with Gasteiger partial charge < -0.3 is 29.9 Å². The zero-order valence-electron chi connectivity index (χ0n) is 23.2. The van der Waals surface area contributed by atoms with E-state index in [1.54, 1.807) is 4.90 Å². The number of aliphatic hydroxyl groups is 1. The Balaban J connectivity index is 1.42. The predicted octanol–water partition coefficient (Wildman–Crippen LogP) is 3.20. The Morgan fingerprint density at radius 1 is 0.850 bits per heavy atom. The Kier molecular flexibility index (Phi) is 11.0. The first-order valence-electron chi connectivity index (χ1n) is 13.9. The summed E-state index contributed by atoms with van der Waals surface area (Å²) in [7, 11) is 2.04. The molecule has 0 radical (unpaired) electrons. The van der Waals surface area contributed by atoms with E-state index in [4.69, 9.17) is 4.74 Å². The van der Waals surface area contributed by atoms with Gasteiger partial charge in [-0.25, -0.2) is 4.79 Å². The quantitative estimate of drug-likeness (QED) is 0.366. The monoisotopic (exact) mass is 544 g/mol. The van der Waals surface area contributed by atoms with Crippen LogP contribution in [0.2, 0.25) is 0 Å². The smallest absolute Gasteiger partial charge is 0.318 e. The van der Waals surface area contributed by atoms with Crippen LogP contribution >= 0.6 is 0 Å². The number of carbonyl (C=O) groups excluding carboxylic acids is 2. The van der Waals surface area contributed by atoms with Crippen LogP contribution in [0.25, 0.3) is 0 Å². The molecule has 0 spiro atoms. The molecule has 1 saturated heterocycles. The molecule has 3 aromatic carbocycles. The fraction of sp³-hybridized carbons (Fsp3) is 0.375. The predicted molar refractivity (Wildman–Crippen MR) is 156 cm³/mol. The molecule has 0 aliphatic carbocycles. The SMILES string of the molecule is CN1CCN(C(=O)C(Cc2ccc(OCc3ccccc3)cc2)NC(=O)N(CCO)CCc2ccccc2)CC1. The number of nitrogens with one attached hydrogen (secondary N) is 1. The number of hydrogen-bond acceptors (Lipinski definition) is 5. The lowest BCUT2D eigenvalue weighted by Gasteiger charge is -2.35. The van der Waals surface area contributed by atoms with Gasteiger partial charge in [0.15, 0.2) is 0 Å². The Morgan fingerprint density at radius 3 is 2.10 bits per heavy atom. The first kappa shape index (κ1) is 29.1. The molecule has 4 rings (SSSR count). The van der Waals surface area contributed by atoms with Crippen molar-refractivity contribution < 1.29 is 19.4 Å². The molecule has 40 heavy (non-hydrogen) atoms. The molecular weight excluding hydrogens is 504 g/mol. The zero-order chi connectivity index (χ0) is 28.2.